The first-order valence-corrected chi connectivity index (χ1v) is 5.79. The summed E-state index contributed by atoms with van der Waals surface area (Å²) >= 11 is 0. The Hall–Kier alpha value is -1.39. The molecule has 0 saturated heterocycles. The number of benzene rings is 1. The zero-order chi connectivity index (χ0) is 12.5. The molecule has 1 N–H and O–H groups in total. The maximum absolute atomic E-state index is 11.3. The van der Waals surface area contributed by atoms with Crippen molar-refractivity contribution in [3.63, 3.8) is 0 Å². The molecule has 0 saturated carbocycles. The SMILES string of the molecule is CN(C)C(=O)CCCNOCc1ccccc1. The minimum atomic E-state index is 0.148. The van der Waals surface area contributed by atoms with Gasteiger partial charge in [0.15, 0.2) is 0 Å². The summed E-state index contributed by atoms with van der Waals surface area (Å²) in [5.41, 5.74) is 3.99. The van der Waals surface area contributed by atoms with Crippen LogP contribution in [0.2, 0.25) is 0 Å². The molecular formula is C13H20N2O2. The van der Waals surface area contributed by atoms with E-state index in [2.05, 4.69) is 5.48 Å². The van der Waals surface area contributed by atoms with Crippen LogP contribution in [0.3, 0.4) is 0 Å². The first-order chi connectivity index (χ1) is 8.20. The van der Waals surface area contributed by atoms with E-state index in [1.54, 1.807) is 19.0 Å². The second kappa shape index (κ2) is 7.81. The monoisotopic (exact) mass is 236 g/mol. The summed E-state index contributed by atoms with van der Waals surface area (Å²) in [6, 6.07) is 9.96. The van der Waals surface area contributed by atoms with Crippen molar-refractivity contribution in [1.29, 1.82) is 0 Å². The molecule has 1 aromatic rings. The predicted molar refractivity (Wildman–Crippen MR) is 67.2 cm³/mol. The number of hydrogen-bond donors (Lipinski definition) is 1. The average molecular weight is 236 g/mol. The Morgan fingerprint density at radius 2 is 2.00 bits per heavy atom. The van der Waals surface area contributed by atoms with E-state index in [-0.39, 0.29) is 5.91 Å². The Labute approximate surface area is 103 Å². The lowest BCUT2D eigenvalue weighted by molar-refractivity contribution is -0.128. The molecule has 0 unspecified atom stereocenters. The van der Waals surface area contributed by atoms with Gasteiger partial charge >= 0.3 is 0 Å². The summed E-state index contributed by atoms with van der Waals surface area (Å²) in [5, 5.41) is 0. The highest BCUT2D eigenvalue weighted by Gasteiger charge is 2.02. The smallest absolute Gasteiger partial charge is 0.222 e. The van der Waals surface area contributed by atoms with E-state index >= 15 is 0 Å². The molecule has 0 heterocycles. The molecule has 0 bridgehead atoms. The summed E-state index contributed by atoms with van der Waals surface area (Å²) in [6.07, 6.45) is 1.33. The van der Waals surface area contributed by atoms with Crippen LogP contribution in [0.15, 0.2) is 30.3 Å². The van der Waals surface area contributed by atoms with Gasteiger partial charge < -0.3 is 4.90 Å². The molecule has 1 rings (SSSR count). The second-order valence-electron chi connectivity index (χ2n) is 4.06. The maximum atomic E-state index is 11.3. The highest BCUT2D eigenvalue weighted by Crippen LogP contribution is 1.99. The molecule has 4 nitrogen and oxygen atoms in total. The van der Waals surface area contributed by atoms with Crippen LogP contribution in [-0.2, 0) is 16.2 Å². The number of amides is 1. The van der Waals surface area contributed by atoms with Gasteiger partial charge in [-0.2, -0.15) is 0 Å². The fourth-order valence-corrected chi connectivity index (χ4v) is 1.32. The summed E-state index contributed by atoms with van der Waals surface area (Å²) in [4.78, 5) is 18.1. The highest BCUT2D eigenvalue weighted by molar-refractivity contribution is 5.75. The van der Waals surface area contributed by atoms with Gasteiger partial charge in [0.1, 0.15) is 0 Å². The van der Waals surface area contributed by atoms with Crippen LogP contribution in [0.25, 0.3) is 0 Å². The van der Waals surface area contributed by atoms with Crippen molar-refractivity contribution in [2.75, 3.05) is 20.6 Å². The van der Waals surface area contributed by atoms with Gasteiger partial charge in [0.2, 0.25) is 5.91 Å². The zero-order valence-electron chi connectivity index (χ0n) is 10.5. The Morgan fingerprint density at radius 3 is 2.65 bits per heavy atom. The van der Waals surface area contributed by atoms with Gasteiger partial charge in [0, 0.05) is 27.1 Å². The summed E-state index contributed by atoms with van der Waals surface area (Å²) in [6.45, 7) is 1.23. The van der Waals surface area contributed by atoms with Crippen LogP contribution >= 0.6 is 0 Å². The normalized spacial score (nSPS) is 10.2. The molecule has 0 aromatic heterocycles. The van der Waals surface area contributed by atoms with Gasteiger partial charge in [-0.3, -0.25) is 9.63 Å². The third-order valence-electron chi connectivity index (χ3n) is 2.35. The Bertz CT molecular complexity index is 325. The van der Waals surface area contributed by atoms with Gasteiger partial charge in [-0.25, -0.2) is 5.48 Å². The fourth-order valence-electron chi connectivity index (χ4n) is 1.32. The molecule has 0 spiro atoms. The van der Waals surface area contributed by atoms with E-state index in [0.717, 1.165) is 12.0 Å². The quantitative estimate of drug-likeness (QED) is 0.577. The van der Waals surface area contributed by atoms with Crippen molar-refractivity contribution in [2.24, 2.45) is 0 Å². The average Bonchev–Trinajstić information content (AvgIpc) is 2.34. The van der Waals surface area contributed by atoms with E-state index < -0.39 is 0 Å². The minimum Gasteiger partial charge on any atom is -0.349 e. The van der Waals surface area contributed by atoms with Gasteiger partial charge in [-0.1, -0.05) is 30.3 Å². The fraction of sp³-hybridized carbons (Fsp3) is 0.462. The largest absolute Gasteiger partial charge is 0.349 e. The van der Waals surface area contributed by atoms with E-state index in [0.29, 0.717) is 19.6 Å². The molecule has 0 aliphatic rings. The number of hydroxylamine groups is 1. The molecule has 1 amide bonds. The van der Waals surface area contributed by atoms with Crippen molar-refractivity contribution in [3.8, 4) is 0 Å². The number of rotatable bonds is 7. The lowest BCUT2D eigenvalue weighted by Crippen LogP contribution is -2.23. The summed E-state index contributed by atoms with van der Waals surface area (Å²) in [5.74, 6) is 0.148. The van der Waals surface area contributed by atoms with Crippen molar-refractivity contribution in [2.45, 2.75) is 19.4 Å². The van der Waals surface area contributed by atoms with Gasteiger partial charge in [-0.05, 0) is 12.0 Å². The number of nitrogens with one attached hydrogen (secondary N) is 1. The van der Waals surface area contributed by atoms with E-state index in [9.17, 15) is 4.79 Å². The molecule has 94 valence electrons. The van der Waals surface area contributed by atoms with Crippen molar-refractivity contribution in [1.82, 2.24) is 10.4 Å². The Balaban J connectivity index is 2.00. The van der Waals surface area contributed by atoms with Gasteiger partial charge in [-0.15, -0.1) is 0 Å². The first-order valence-electron chi connectivity index (χ1n) is 5.79. The molecule has 0 aliphatic heterocycles. The number of nitrogens with zero attached hydrogens (tertiary/aromatic N) is 1. The van der Waals surface area contributed by atoms with Crippen LogP contribution < -0.4 is 5.48 Å². The second-order valence-corrected chi connectivity index (χ2v) is 4.06. The molecule has 17 heavy (non-hydrogen) atoms. The summed E-state index contributed by atoms with van der Waals surface area (Å²) in [7, 11) is 3.53. The maximum Gasteiger partial charge on any atom is 0.222 e. The predicted octanol–water partition coefficient (Wildman–Crippen LogP) is 1.58. The molecular weight excluding hydrogens is 216 g/mol. The number of carbonyl (C=O) groups excluding carboxylic acids is 1. The van der Waals surface area contributed by atoms with Crippen molar-refractivity contribution < 1.29 is 9.63 Å². The Kier molecular flexibility index (Phi) is 6.29. The van der Waals surface area contributed by atoms with Crippen LogP contribution in [0, 0.1) is 0 Å². The number of hydrogen-bond acceptors (Lipinski definition) is 3. The van der Waals surface area contributed by atoms with E-state index in [1.807, 2.05) is 30.3 Å². The third-order valence-corrected chi connectivity index (χ3v) is 2.35. The summed E-state index contributed by atoms with van der Waals surface area (Å²) < 4.78 is 0. The molecule has 0 atom stereocenters. The molecule has 0 radical (unpaired) electrons. The van der Waals surface area contributed by atoms with E-state index in [1.165, 1.54) is 0 Å². The standard InChI is InChI=1S/C13H20N2O2/c1-15(2)13(16)9-6-10-14-17-11-12-7-4-3-5-8-12/h3-5,7-8,14H,6,9-11H2,1-2H3. The number of carbonyl (C=O) groups is 1. The van der Waals surface area contributed by atoms with Crippen molar-refractivity contribution in [3.05, 3.63) is 35.9 Å². The van der Waals surface area contributed by atoms with Crippen molar-refractivity contribution >= 4 is 5.91 Å². The van der Waals surface area contributed by atoms with Crippen LogP contribution in [0.4, 0.5) is 0 Å². The third kappa shape index (κ3) is 6.04. The Morgan fingerprint density at radius 1 is 1.29 bits per heavy atom. The highest BCUT2D eigenvalue weighted by atomic mass is 16.6. The lowest BCUT2D eigenvalue weighted by atomic mass is 10.2. The van der Waals surface area contributed by atoms with E-state index in [4.69, 9.17) is 4.84 Å². The molecule has 0 aliphatic carbocycles. The minimum absolute atomic E-state index is 0.148. The molecule has 1 aromatic carbocycles. The lowest BCUT2D eigenvalue weighted by Gasteiger charge is -2.10. The molecule has 0 fully saturated rings. The topological polar surface area (TPSA) is 41.6 Å². The van der Waals surface area contributed by atoms with Gasteiger partial charge in [0.25, 0.3) is 0 Å². The first kappa shape index (κ1) is 13.7. The molecule has 4 heteroatoms. The van der Waals surface area contributed by atoms with Crippen LogP contribution in [0.1, 0.15) is 18.4 Å². The van der Waals surface area contributed by atoms with Gasteiger partial charge in [0.05, 0.1) is 6.61 Å². The zero-order valence-corrected chi connectivity index (χ0v) is 10.5. The van der Waals surface area contributed by atoms with Crippen LogP contribution in [-0.4, -0.2) is 31.4 Å². The van der Waals surface area contributed by atoms with Crippen LogP contribution in [0.5, 0.6) is 0 Å².